The van der Waals surface area contributed by atoms with Gasteiger partial charge in [0, 0.05) is 5.69 Å². The van der Waals surface area contributed by atoms with Crippen LogP contribution in [0.4, 0.5) is 10.1 Å². The maximum absolute atomic E-state index is 13.5. The van der Waals surface area contributed by atoms with Crippen molar-refractivity contribution in [1.29, 1.82) is 0 Å². The van der Waals surface area contributed by atoms with E-state index in [9.17, 15) is 18.8 Å². The number of hydrogen-bond donors (Lipinski definition) is 1. The lowest BCUT2D eigenvalue weighted by molar-refractivity contribution is 0.101. The number of nitrogens with zero attached hydrogens (tertiary/aromatic N) is 3. The van der Waals surface area contributed by atoms with Gasteiger partial charge in [0.1, 0.15) is 5.82 Å². The van der Waals surface area contributed by atoms with Gasteiger partial charge in [-0.15, -0.1) is 0 Å². The number of benzene rings is 3. The number of aromatic nitrogens is 3. The predicted molar refractivity (Wildman–Crippen MR) is 119 cm³/mol. The molecule has 1 N–H and O–H groups in total. The molecule has 0 unspecified atom stereocenters. The van der Waals surface area contributed by atoms with Crippen molar-refractivity contribution in [2.75, 3.05) is 5.32 Å². The lowest BCUT2D eigenvalue weighted by Crippen LogP contribution is -2.45. The molecule has 0 aliphatic rings. The smallest absolute Gasteiger partial charge is 0.320 e. The molecule has 8 heteroatoms. The first-order chi connectivity index (χ1) is 15.4. The summed E-state index contributed by atoms with van der Waals surface area (Å²) in [4.78, 5) is 39.1. The number of hydrogen-bond acceptors (Lipinski definition) is 4. The van der Waals surface area contributed by atoms with Crippen LogP contribution in [0, 0.1) is 12.7 Å². The van der Waals surface area contributed by atoms with Crippen LogP contribution in [-0.2, 0) is 6.54 Å². The van der Waals surface area contributed by atoms with Crippen LogP contribution in [0.15, 0.2) is 88.5 Å². The first-order valence-electron chi connectivity index (χ1n) is 9.84. The fraction of sp³-hybridized carbons (Fsp3) is 0.0833. The standard InChI is InChI=1S/C24H19FN4O3/c1-16-10-12-20(13-11-16)29-24(32)28(15-17-6-3-2-4-7-17)23(31)21(27-29)22(30)26-19-9-5-8-18(25)14-19/h2-14H,15H2,1H3,(H,26,30). The van der Waals surface area contributed by atoms with Crippen molar-refractivity contribution in [1.82, 2.24) is 14.3 Å². The van der Waals surface area contributed by atoms with E-state index in [1.165, 1.54) is 18.2 Å². The topological polar surface area (TPSA) is 86.0 Å². The van der Waals surface area contributed by atoms with Crippen LogP contribution in [0.3, 0.4) is 0 Å². The average molecular weight is 430 g/mol. The minimum absolute atomic E-state index is 0.0346. The van der Waals surface area contributed by atoms with E-state index >= 15 is 0 Å². The molecule has 4 rings (SSSR count). The molecule has 1 amide bonds. The van der Waals surface area contributed by atoms with Crippen LogP contribution >= 0.6 is 0 Å². The lowest BCUT2D eigenvalue weighted by atomic mass is 10.2. The number of nitrogens with one attached hydrogen (secondary N) is 1. The number of carbonyl (C=O) groups excluding carboxylic acids is 1. The van der Waals surface area contributed by atoms with Gasteiger partial charge in [0.15, 0.2) is 0 Å². The third kappa shape index (κ3) is 4.39. The van der Waals surface area contributed by atoms with Crippen LogP contribution in [0.25, 0.3) is 5.69 Å². The summed E-state index contributed by atoms with van der Waals surface area (Å²) in [5.74, 6) is -1.38. The summed E-state index contributed by atoms with van der Waals surface area (Å²) < 4.78 is 15.5. The Morgan fingerprint density at radius 2 is 1.69 bits per heavy atom. The van der Waals surface area contributed by atoms with Gasteiger partial charge in [-0.1, -0.05) is 54.1 Å². The Hall–Kier alpha value is -4.33. The normalized spacial score (nSPS) is 10.7. The van der Waals surface area contributed by atoms with Crippen molar-refractivity contribution < 1.29 is 9.18 Å². The van der Waals surface area contributed by atoms with E-state index in [0.717, 1.165) is 20.9 Å². The van der Waals surface area contributed by atoms with Crippen molar-refractivity contribution in [3.8, 4) is 5.69 Å². The number of amides is 1. The Labute approximate surface area is 182 Å². The summed E-state index contributed by atoms with van der Waals surface area (Å²) in [5.41, 5.74) is 0.265. The number of halogens is 1. The highest BCUT2D eigenvalue weighted by Gasteiger charge is 2.21. The van der Waals surface area contributed by atoms with Crippen molar-refractivity contribution in [3.05, 3.63) is 122 Å². The van der Waals surface area contributed by atoms with Crippen LogP contribution in [0.2, 0.25) is 0 Å². The molecular formula is C24H19FN4O3. The molecule has 0 aliphatic heterocycles. The van der Waals surface area contributed by atoms with Crippen LogP contribution in [0.5, 0.6) is 0 Å². The Morgan fingerprint density at radius 1 is 0.969 bits per heavy atom. The molecule has 4 aromatic rings. The molecule has 0 saturated carbocycles. The quantitative estimate of drug-likeness (QED) is 0.527. The SMILES string of the molecule is Cc1ccc(-n2nc(C(=O)Nc3cccc(F)c3)c(=O)n(Cc3ccccc3)c2=O)cc1. The Kier molecular flexibility index (Phi) is 5.76. The molecule has 0 saturated heterocycles. The second-order valence-electron chi connectivity index (χ2n) is 7.22. The first-order valence-corrected chi connectivity index (χ1v) is 9.84. The summed E-state index contributed by atoms with van der Waals surface area (Å²) in [7, 11) is 0. The van der Waals surface area contributed by atoms with E-state index in [0.29, 0.717) is 11.3 Å². The molecule has 0 aliphatic carbocycles. The van der Waals surface area contributed by atoms with Crippen LogP contribution in [-0.4, -0.2) is 20.3 Å². The van der Waals surface area contributed by atoms with Crippen molar-refractivity contribution in [2.45, 2.75) is 13.5 Å². The third-order valence-electron chi connectivity index (χ3n) is 4.82. The highest BCUT2D eigenvalue weighted by Crippen LogP contribution is 2.11. The number of carbonyl (C=O) groups is 1. The van der Waals surface area contributed by atoms with Gasteiger partial charge in [-0.3, -0.25) is 14.2 Å². The van der Waals surface area contributed by atoms with E-state index in [1.54, 1.807) is 48.5 Å². The molecule has 1 aromatic heterocycles. The van der Waals surface area contributed by atoms with Gasteiger partial charge in [0.25, 0.3) is 11.5 Å². The molecule has 32 heavy (non-hydrogen) atoms. The molecule has 1 heterocycles. The number of aryl methyl sites for hydroxylation is 1. The molecule has 0 fully saturated rings. The molecule has 0 spiro atoms. The van der Waals surface area contributed by atoms with E-state index < -0.39 is 28.7 Å². The zero-order chi connectivity index (χ0) is 22.7. The maximum atomic E-state index is 13.5. The largest absolute Gasteiger partial charge is 0.352 e. The lowest BCUT2D eigenvalue weighted by Gasteiger charge is -2.12. The minimum Gasteiger partial charge on any atom is -0.320 e. The van der Waals surface area contributed by atoms with Crippen molar-refractivity contribution >= 4 is 11.6 Å². The van der Waals surface area contributed by atoms with E-state index in [4.69, 9.17) is 0 Å². The highest BCUT2D eigenvalue weighted by molar-refractivity contribution is 6.02. The first kappa shape index (κ1) is 20.9. The van der Waals surface area contributed by atoms with Crippen LogP contribution < -0.4 is 16.6 Å². The summed E-state index contributed by atoms with van der Waals surface area (Å²) >= 11 is 0. The van der Waals surface area contributed by atoms with Gasteiger partial charge < -0.3 is 5.32 Å². The number of anilines is 1. The fourth-order valence-corrected chi connectivity index (χ4v) is 3.17. The molecule has 0 atom stereocenters. The van der Waals surface area contributed by atoms with E-state index in [2.05, 4.69) is 10.4 Å². The zero-order valence-corrected chi connectivity index (χ0v) is 17.2. The summed E-state index contributed by atoms with van der Waals surface area (Å²) in [6.07, 6.45) is 0. The van der Waals surface area contributed by atoms with Gasteiger partial charge >= 0.3 is 5.69 Å². The second-order valence-corrected chi connectivity index (χ2v) is 7.22. The molecule has 0 radical (unpaired) electrons. The summed E-state index contributed by atoms with van der Waals surface area (Å²) in [6.45, 7) is 1.86. The Morgan fingerprint density at radius 3 is 2.38 bits per heavy atom. The van der Waals surface area contributed by atoms with Crippen LogP contribution in [0.1, 0.15) is 21.6 Å². The molecular weight excluding hydrogens is 411 g/mol. The van der Waals surface area contributed by atoms with Crippen molar-refractivity contribution in [3.63, 3.8) is 0 Å². The second kappa shape index (κ2) is 8.81. The molecule has 0 bridgehead atoms. The average Bonchev–Trinajstić information content (AvgIpc) is 2.78. The van der Waals surface area contributed by atoms with E-state index in [1.807, 2.05) is 13.0 Å². The van der Waals surface area contributed by atoms with Gasteiger partial charge in [0.05, 0.1) is 12.2 Å². The molecule has 160 valence electrons. The highest BCUT2D eigenvalue weighted by atomic mass is 19.1. The molecule has 7 nitrogen and oxygen atoms in total. The Bertz CT molecular complexity index is 1390. The summed E-state index contributed by atoms with van der Waals surface area (Å²) in [6, 6.07) is 21.2. The zero-order valence-electron chi connectivity index (χ0n) is 17.2. The minimum atomic E-state index is -0.844. The van der Waals surface area contributed by atoms with E-state index in [-0.39, 0.29) is 12.2 Å². The summed E-state index contributed by atoms with van der Waals surface area (Å²) in [5, 5.41) is 6.53. The van der Waals surface area contributed by atoms with Gasteiger partial charge in [-0.05, 0) is 42.8 Å². The molecule has 3 aromatic carbocycles. The monoisotopic (exact) mass is 430 g/mol. The third-order valence-corrected chi connectivity index (χ3v) is 4.82. The Balaban J connectivity index is 1.84. The fourth-order valence-electron chi connectivity index (χ4n) is 3.17. The van der Waals surface area contributed by atoms with Crippen molar-refractivity contribution in [2.24, 2.45) is 0 Å². The predicted octanol–water partition coefficient (Wildman–Crippen LogP) is 3.14. The maximum Gasteiger partial charge on any atom is 0.352 e. The van der Waals surface area contributed by atoms with Gasteiger partial charge in [0.2, 0.25) is 5.69 Å². The number of rotatable bonds is 5. The van der Waals surface area contributed by atoms with Gasteiger partial charge in [-0.25, -0.2) is 9.18 Å². The van der Waals surface area contributed by atoms with Gasteiger partial charge in [-0.2, -0.15) is 9.78 Å².